The van der Waals surface area contributed by atoms with Crippen molar-refractivity contribution in [3.05, 3.63) is 59.1 Å². The molecular weight excluding hydrogens is 314 g/mol. The van der Waals surface area contributed by atoms with Crippen molar-refractivity contribution in [1.82, 2.24) is 0 Å². The highest BCUT2D eigenvalue weighted by atomic mass is 35.5. The largest absolute Gasteiger partial charge is 0.513 e. The molecule has 4 nitrogen and oxygen atoms in total. The Labute approximate surface area is 141 Å². The molecule has 0 N–H and O–H groups in total. The number of hydrogen-bond acceptors (Lipinski definition) is 4. The van der Waals surface area contributed by atoms with Crippen LogP contribution in [0.15, 0.2) is 48.5 Å². The van der Waals surface area contributed by atoms with Gasteiger partial charge in [0.25, 0.3) is 0 Å². The summed E-state index contributed by atoms with van der Waals surface area (Å²) in [6, 6.07) is 15.1. The van der Waals surface area contributed by atoms with Crippen molar-refractivity contribution >= 4 is 23.4 Å². The van der Waals surface area contributed by atoms with E-state index in [1.807, 2.05) is 37.3 Å². The Balaban J connectivity index is 1.82. The second kappa shape index (κ2) is 8.44. The van der Waals surface area contributed by atoms with Crippen LogP contribution in [0.2, 0.25) is 5.02 Å². The molecule has 0 atom stereocenters. The normalized spacial score (nSPS) is 10.2. The number of aryl methyl sites for hydroxylation is 1. The molecule has 0 spiro atoms. The molecule has 2 aromatic carbocycles. The molecule has 122 valence electrons. The SMILES string of the molecule is CCN(CCOC(=O)Oc1ccc(Cl)cc1C)c1ccccc1. The molecular formula is C18H20ClNO3. The highest BCUT2D eigenvalue weighted by Crippen LogP contribution is 2.22. The number of rotatable bonds is 6. The van der Waals surface area contributed by atoms with Gasteiger partial charge in [0.05, 0.1) is 6.54 Å². The standard InChI is InChI=1S/C18H20ClNO3/c1-3-20(16-7-5-4-6-8-16)11-12-22-18(21)23-17-10-9-15(19)13-14(17)2/h4-10,13H,3,11-12H2,1-2H3. The van der Waals surface area contributed by atoms with Crippen molar-refractivity contribution < 1.29 is 14.3 Å². The molecule has 0 unspecified atom stereocenters. The third-order valence-corrected chi connectivity index (χ3v) is 3.65. The number of likely N-dealkylation sites (N-methyl/N-ethyl adjacent to an activating group) is 1. The molecule has 0 aromatic heterocycles. The molecule has 0 aliphatic rings. The highest BCUT2D eigenvalue weighted by Gasteiger charge is 2.10. The molecule has 0 aliphatic carbocycles. The molecule has 0 radical (unpaired) electrons. The predicted molar refractivity (Wildman–Crippen MR) is 92.5 cm³/mol. The lowest BCUT2D eigenvalue weighted by Gasteiger charge is -2.22. The lowest BCUT2D eigenvalue weighted by atomic mass is 10.2. The van der Waals surface area contributed by atoms with Crippen LogP contribution in [0.4, 0.5) is 10.5 Å². The summed E-state index contributed by atoms with van der Waals surface area (Å²) < 4.78 is 10.3. The molecule has 0 fully saturated rings. The third kappa shape index (κ3) is 5.18. The maximum absolute atomic E-state index is 11.8. The fourth-order valence-corrected chi connectivity index (χ4v) is 2.42. The average Bonchev–Trinajstić information content (AvgIpc) is 2.55. The van der Waals surface area contributed by atoms with Gasteiger partial charge in [0.15, 0.2) is 0 Å². The highest BCUT2D eigenvalue weighted by molar-refractivity contribution is 6.30. The van der Waals surface area contributed by atoms with Gasteiger partial charge in [-0.3, -0.25) is 0 Å². The lowest BCUT2D eigenvalue weighted by molar-refractivity contribution is 0.101. The van der Waals surface area contributed by atoms with Crippen LogP contribution in [0.1, 0.15) is 12.5 Å². The minimum atomic E-state index is -0.709. The number of halogens is 1. The molecule has 2 aromatic rings. The topological polar surface area (TPSA) is 38.8 Å². The quantitative estimate of drug-likeness (QED) is 0.568. The summed E-state index contributed by atoms with van der Waals surface area (Å²) in [6.45, 7) is 5.58. The summed E-state index contributed by atoms with van der Waals surface area (Å²) in [5, 5.41) is 0.602. The molecule has 0 bridgehead atoms. The monoisotopic (exact) mass is 333 g/mol. The van der Waals surface area contributed by atoms with Crippen LogP contribution in [0.25, 0.3) is 0 Å². The number of carbonyl (C=O) groups is 1. The van der Waals surface area contributed by atoms with Crippen LogP contribution in [0, 0.1) is 6.92 Å². The molecule has 0 saturated heterocycles. The Morgan fingerprint density at radius 3 is 2.57 bits per heavy atom. The first-order chi connectivity index (χ1) is 11.1. The number of nitrogens with zero attached hydrogens (tertiary/aromatic N) is 1. The van der Waals surface area contributed by atoms with Crippen molar-refractivity contribution in [2.24, 2.45) is 0 Å². The van der Waals surface area contributed by atoms with E-state index in [9.17, 15) is 4.79 Å². The fourth-order valence-electron chi connectivity index (χ4n) is 2.19. The van der Waals surface area contributed by atoms with Crippen molar-refractivity contribution in [3.8, 4) is 5.75 Å². The number of carbonyl (C=O) groups excluding carboxylic acids is 1. The number of hydrogen-bond donors (Lipinski definition) is 0. The zero-order valence-electron chi connectivity index (χ0n) is 13.3. The van der Waals surface area contributed by atoms with Gasteiger partial charge in [0.1, 0.15) is 12.4 Å². The summed E-state index contributed by atoms with van der Waals surface area (Å²) in [5.41, 5.74) is 1.88. The van der Waals surface area contributed by atoms with E-state index in [1.54, 1.807) is 18.2 Å². The van der Waals surface area contributed by atoms with E-state index in [0.717, 1.165) is 17.8 Å². The van der Waals surface area contributed by atoms with E-state index in [1.165, 1.54) is 0 Å². The maximum atomic E-state index is 11.8. The smallest absolute Gasteiger partial charge is 0.432 e. The summed E-state index contributed by atoms with van der Waals surface area (Å²) >= 11 is 5.87. The van der Waals surface area contributed by atoms with E-state index in [0.29, 0.717) is 17.3 Å². The molecule has 0 aliphatic heterocycles. The Hall–Kier alpha value is -2.20. The molecule has 0 amide bonds. The van der Waals surface area contributed by atoms with Gasteiger partial charge in [-0.25, -0.2) is 4.79 Å². The molecule has 2 rings (SSSR count). The van der Waals surface area contributed by atoms with Gasteiger partial charge in [0.2, 0.25) is 0 Å². The molecule has 0 heterocycles. The van der Waals surface area contributed by atoms with Crippen molar-refractivity contribution in [2.45, 2.75) is 13.8 Å². The summed E-state index contributed by atoms with van der Waals surface area (Å²) in [4.78, 5) is 13.9. The van der Waals surface area contributed by atoms with E-state index < -0.39 is 6.16 Å². The lowest BCUT2D eigenvalue weighted by Crippen LogP contribution is -2.28. The van der Waals surface area contributed by atoms with Gasteiger partial charge in [0, 0.05) is 17.3 Å². The van der Waals surface area contributed by atoms with Crippen molar-refractivity contribution in [3.63, 3.8) is 0 Å². The van der Waals surface area contributed by atoms with E-state index in [4.69, 9.17) is 21.1 Å². The first kappa shape index (κ1) is 17.2. The zero-order valence-corrected chi connectivity index (χ0v) is 14.0. The second-order valence-electron chi connectivity index (χ2n) is 5.03. The van der Waals surface area contributed by atoms with Crippen LogP contribution in [0.3, 0.4) is 0 Å². The van der Waals surface area contributed by atoms with Gasteiger partial charge in [-0.1, -0.05) is 29.8 Å². The van der Waals surface area contributed by atoms with E-state index in [-0.39, 0.29) is 6.61 Å². The number of para-hydroxylation sites is 1. The van der Waals surface area contributed by atoms with E-state index >= 15 is 0 Å². The molecule has 0 saturated carbocycles. The summed E-state index contributed by atoms with van der Waals surface area (Å²) in [5.74, 6) is 0.454. The van der Waals surface area contributed by atoms with Crippen LogP contribution in [0.5, 0.6) is 5.75 Å². The fraction of sp³-hybridized carbons (Fsp3) is 0.278. The van der Waals surface area contributed by atoms with Gasteiger partial charge < -0.3 is 14.4 Å². The molecule has 23 heavy (non-hydrogen) atoms. The number of ether oxygens (including phenoxy) is 2. The Bertz CT molecular complexity index is 646. The first-order valence-electron chi connectivity index (χ1n) is 7.51. The predicted octanol–water partition coefficient (Wildman–Crippen LogP) is 4.69. The summed E-state index contributed by atoms with van der Waals surface area (Å²) in [6.07, 6.45) is -0.709. The maximum Gasteiger partial charge on any atom is 0.513 e. The third-order valence-electron chi connectivity index (χ3n) is 3.41. The number of benzene rings is 2. The van der Waals surface area contributed by atoms with Crippen molar-refractivity contribution in [2.75, 3.05) is 24.6 Å². The Kier molecular flexibility index (Phi) is 6.29. The van der Waals surface area contributed by atoms with Crippen LogP contribution in [-0.2, 0) is 4.74 Å². The van der Waals surface area contributed by atoms with Crippen LogP contribution < -0.4 is 9.64 Å². The van der Waals surface area contributed by atoms with Crippen LogP contribution in [-0.4, -0.2) is 25.9 Å². The Morgan fingerprint density at radius 2 is 1.91 bits per heavy atom. The van der Waals surface area contributed by atoms with Gasteiger partial charge >= 0.3 is 6.16 Å². The second-order valence-corrected chi connectivity index (χ2v) is 5.46. The molecule has 5 heteroatoms. The minimum absolute atomic E-state index is 0.258. The van der Waals surface area contributed by atoms with Gasteiger partial charge in [-0.15, -0.1) is 0 Å². The first-order valence-corrected chi connectivity index (χ1v) is 7.88. The van der Waals surface area contributed by atoms with E-state index in [2.05, 4.69) is 11.8 Å². The summed E-state index contributed by atoms with van der Waals surface area (Å²) in [7, 11) is 0. The number of anilines is 1. The zero-order chi connectivity index (χ0) is 16.7. The average molecular weight is 334 g/mol. The minimum Gasteiger partial charge on any atom is -0.432 e. The van der Waals surface area contributed by atoms with Gasteiger partial charge in [-0.2, -0.15) is 0 Å². The van der Waals surface area contributed by atoms with Crippen LogP contribution >= 0.6 is 11.6 Å². The Morgan fingerprint density at radius 1 is 1.17 bits per heavy atom. The van der Waals surface area contributed by atoms with Gasteiger partial charge in [-0.05, 0) is 49.7 Å². The van der Waals surface area contributed by atoms with Crippen molar-refractivity contribution in [1.29, 1.82) is 0 Å².